The number of rotatable bonds is 13. The van der Waals surface area contributed by atoms with Crippen LogP contribution in [0.15, 0.2) is 0 Å². The molecule has 0 radical (unpaired) electrons. The number of aliphatic hydroxyl groups excluding tert-OH is 2. The molecule has 0 saturated carbocycles. The van der Waals surface area contributed by atoms with Gasteiger partial charge in [-0.05, 0) is 0 Å². The number of hydrogen-bond donors (Lipinski definition) is 4. The molecular weight excluding hydrogens is 340 g/mol. The maximum Gasteiger partial charge on any atom is 0.264 e. The molecule has 0 amide bonds. The third kappa shape index (κ3) is 14.6. The van der Waals surface area contributed by atoms with Crippen molar-refractivity contribution in [2.75, 3.05) is 51.9 Å². The number of hydrogen-bond acceptors (Lipinski definition) is 10. The molecule has 2 atom stereocenters. The van der Waals surface area contributed by atoms with Crippen molar-refractivity contribution in [1.82, 2.24) is 10.6 Å². The van der Waals surface area contributed by atoms with E-state index in [2.05, 4.69) is 19.0 Å². The van der Waals surface area contributed by atoms with E-state index >= 15 is 0 Å². The molecular formula is C10H24N2O8S2. The highest BCUT2D eigenvalue weighted by molar-refractivity contribution is 7.86. The second-order valence-electron chi connectivity index (χ2n) is 4.60. The first-order chi connectivity index (χ1) is 10.0. The fourth-order valence-corrected chi connectivity index (χ4v) is 2.07. The third-order valence-electron chi connectivity index (χ3n) is 2.30. The van der Waals surface area contributed by atoms with E-state index in [-0.39, 0.29) is 39.4 Å². The molecule has 0 spiro atoms. The third-order valence-corrected chi connectivity index (χ3v) is 3.49. The predicted molar refractivity (Wildman–Crippen MR) is 79.3 cm³/mol. The van der Waals surface area contributed by atoms with Gasteiger partial charge in [0.25, 0.3) is 20.2 Å². The number of aliphatic hydroxyl groups is 2. The average molecular weight is 364 g/mol. The summed E-state index contributed by atoms with van der Waals surface area (Å²) < 4.78 is 51.7. The SMILES string of the molecule is CS(=O)(=O)OCCNCC(O)C(O)CNCCOS(C)(=O)=O. The van der Waals surface area contributed by atoms with Gasteiger partial charge < -0.3 is 20.8 Å². The van der Waals surface area contributed by atoms with E-state index in [1.807, 2.05) is 0 Å². The van der Waals surface area contributed by atoms with Crippen molar-refractivity contribution in [3.05, 3.63) is 0 Å². The molecule has 0 aromatic carbocycles. The zero-order valence-electron chi connectivity index (χ0n) is 12.6. The largest absolute Gasteiger partial charge is 0.389 e. The Kier molecular flexibility index (Phi) is 10.3. The highest BCUT2D eigenvalue weighted by atomic mass is 32.2. The fourth-order valence-electron chi connectivity index (χ4n) is 1.30. The molecule has 134 valence electrons. The van der Waals surface area contributed by atoms with Gasteiger partial charge in [-0.15, -0.1) is 0 Å². The minimum Gasteiger partial charge on any atom is -0.389 e. The van der Waals surface area contributed by atoms with Gasteiger partial charge in [0.15, 0.2) is 0 Å². The van der Waals surface area contributed by atoms with Crippen molar-refractivity contribution < 1.29 is 35.4 Å². The Bertz CT molecular complexity index is 447. The Balaban J connectivity index is 3.64. The summed E-state index contributed by atoms with van der Waals surface area (Å²) in [6.45, 7) is 0.371. The van der Waals surface area contributed by atoms with E-state index in [1.165, 1.54) is 0 Å². The summed E-state index contributed by atoms with van der Waals surface area (Å²) in [5.74, 6) is 0. The van der Waals surface area contributed by atoms with Gasteiger partial charge in [-0.1, -0.05) is 0 Å². The molecule has 0 heterocycles. The van der Waals surface area contributed by atoms with Crippen molar-refractivity contribution in [3.8, 4) is 0 Å². The van der Waals surface area contributed by atoms with Crippen LogP contribution in [0, 0.1) is 0 Å². The lowest BCUT2D eigenvalue weighted by Crippen LogP contribution is -2.43. The van der Waals surface area contributed by atoms with Crippen molar-refractivity contribution in [2.45, 2.75) is 12.2 Å². The molecule has 0 aromatic rings. The van der Waals surface area contributed by atoms with Gasteiger partial charge in [-0.2, -0.15) is 16.8 Å². The van der Waals surface area contributed by atoms with Crippen LogP contribution in [0.4, 0.5) is 0 Å². The van der Waals surface area contributed by atoms with E-state index in [0.29, 0.717) is 0 Å². The summed E-state index contributed by atoms with van der Waals surface area (Å²) in [7, 11) is -6.97. The van der Waals surface area contributed by atoms with Crippen LogP contribution in [0.5, 0.6) is 0 Å². The van der Waals surface area contributed by atoms with Gasteiger partial charge >= 0.3 is 0 Å². The second kappa shape index (κ2) is 10.4. The minimum atomic E-state index is -3.49. The Morgan fingerprint density at radius 1 is 0.818 bits per heavy atom. The molecule has 2 unspecified atom stereocenters. The molecule has 0 aliphatic heterocycles. The van der Waals surface area contributed by atoms with Crippen LogP contribution in [-0.4, -0.2) is 91.2 Å². The van der Waals surface area contributed by atoms with Gasteiger partial charge in [-0.3, -0.25) is 8.37 Å². The predicted octanol–water partition coefficient (Wildman–Crippen LogP) is -3.16. The molecule has 22 heavy (non-hydrogen) atoms. The molecule has 4 N–H and O–H groups in total. The van der Waals surface area contributed by atoms with E-state index in [9.17, 15) is 27.0 Å². The van der Waals surface area contributed by atoms with E-state index in [1.54, 1.807) is 0 Å². The van der Waals surface area contributed by atoms with E-state index in [4.69, 9.17) is 0 Å². The molecule has 12 heteroatoms. The van der Waals surface area contributed by atoms with Crippen molar-refractivity contribution in [3.63, 3.8) is 0 Å². The van der Waals surface area contributed by atoms with Gasteiger partial charge in [0.05, 0.1) is 37.9 Å². The molecule has 0 saturated heterocycles. The van der Waals surface area contributed by atoms with Crippen LogP contribution in [0.25, 0.3) is 0 Å². The van der Waals surface area contributed by atoms with Crippen LogP contribution >= 0.6 is 0 Å². The monoisotopic (exact) mass is 364 g/mol. The first-order valence-electron chi connectivity index (χ1n) is 6.47. The summed E-state index contributed by atoms with van der Waals surface area (Å²) in [6.07, 6.45) is -0.265. The standard InChI is InChI=1S/C10H24N2O8S2/c1-21(15,16)19-5-3-11-7-9(13)10(14)8-12-4-6-20-22(2,17)18/h9-14H,3-8H2,1-2H3. The maximum absolute atomic E-state index is 10.7. The molecule has 0 aliphatic carbocycles. The first kappa shape index (κ1) is 21.7. The van der Waals surface area contributed by atoms with Crippen LogP contribution in [0.1, 0.15) is 0 Å². The zero-order chi connectivity index (χ0) is 17.2. The van der Waals surface area contributed by atoms with Crippen molar-refractivity contribution in [1.29, 1.82) is 0 Å². The van der Waals surface area contributed by atoms with E-state index in [0.717, 1.165) is 12.5 Å². The van der Waals surface area contributed by atoms with Gasteiger partial charge in [0.2, 0.25) is 0 Å². The molecule has 10 nitrogen and oxygen atoms in total. The summed E-state index contributed by atoms with van der Waals surface area (Å²) in [6, 6.07) is 0. The molecule has 0 rings (SSSR count). The quantitative estimate of drug-likeness (QED) is 0.195. The summed E-state index contributed by atoms with van der Waals surface area (Å²) in [5.41, 5.74) is 0. The molecule has 0 aromatic heterocycles. The molecule has 0 aliphatic rings. The maximum atomic E-state index is 10.7. The van der Waals surface area contributed by atoms with E-state index < -0.39 is 32.4 Å². The topological polar surface area (TPSA) is 151 Å². The van der Waals surface area contributed by atoms with Gasteiger partial charge in [0.1, 0.15) is 0 Å². The lowest BCUT2D eigenvalue weighted by atomic mass is 10.2. The van der Waals surface area contributed by atoms with Crippen LogP contribution in [0.3, 0.4) is 0 Å². The summed E-state index contributed by atoms with van der Waals surface area (Å²) in [4.78, 5) is 0. The van der Waals surface area contributed by atoms with Crippen LogP contribution in [0.2, 0.25) is 0 Å². The zero-order valence-corrected chi connectivity index (χ0v) is 14.2. The minimum absolute atomic E-state index is 0.0514. The highest BCUT2D eigenvalue weighted by Gasteiger charge is 2.15. The smallest absolute Gasteiger partial charge is 0.264 e. The van der Waals surface area contributed by atoms with Crippen LogP contribution < -0.4 is 10.6 Å². The Labute approximate surface area is 131 Å². The highest BCUT2D eigenvalue weighted by Crippen LogP contribution is 1.92. The van der Waals surface area contributed by atoms with Crippen molar-refractivity contribution >= 4 is 20.2 Å². The summed E-state index contributed by atoms with van der Waals surface area (Å²) >= 11 is 0. The fraction of sp³-hybridized carbons (Fsp3) is 1.00. The van der Waals surface area contributed by atoms with Crippen LogP contribution in [-0.2, 0) is 28.6 Å². The lowest BCUT2D eigenvalue weighted by Gasteiger charge is -2.18. The molecule has 0 bridgehead atoms. The average Bonchev–Trinajstić information content (AvgIpc) is 2.34. The van der Waals surface area contributed by atoms with Gasteiger partial charge in [0, 0.05) is 26.2 Å². The Morgan fingerprint density at radius 3 is 1.41 bits per heavy atom. The Hall–Kier alpha value is -0.340. The lowest BCUT2D eigenvalue weighted by molar-refractivity contribution is 0.0203. The van der Waals surface area contributed by atoms with Crippen molar-refractivity contribution in [2.24, 2.45) is 0 Å². The number of nitrogens with one attached hydrogen (secondary N) is 2. The second-order valence-corrected chi connectivity index (χ2v) is 7.88. The first-order valence-corrected chi connectivity index (χ1v) is 10.1. The summed E-state index contributed by atoms with van der Waals surface area (Å²) in [5, 5.41) is 24.7. The van der Waals surface area contributed by atoms with Gasteiger partial charge in [-0.25, -0.2) is 0 Å². The molecule has 0 fully saturated rings. The normalized spacial score (nSPS) is 15.6. The Morgan fingerprint density at radius 2 is 1.14 bits per heavy atom.